The Morgan fingerprint density at radius 1 is 0.833 bits per heavy atom. The van der Waals surface area contributed by atoms with Crippen molar-refractivity contribution in [1.29, 1.82) is 0 Å². The van der Waals surface area contributed by atoms with E-state index in [2.05, 4.69) is 10.6 Å². The first-order chi connectivity index (χ1) is 20.1. The van der Waals surface area contributed by atoms with Gasteiger partial charge in [-0.05, 0) is 66.1 Å². The molecule has 2 unspecified atom stereocenters. The molecule has 1 aliphatic rings. The lowest BCUT2D eigenvalue weighted by Crippen LogP contribution is -2.53. The molecular weight excluding hydrogens is 608 g/mol. The molecule has 1 heterocycles. The number of Topliss-reactive ketones (excluding diaryl/α,β-unsaturated/α-hetero) is 1. The second kappa shape index (κ2) is 12.3. The molecule has 0 radical (unpaired) electrons. The monoisotopic (exact) mass is 632 g/mol. The zero-order chi connectivity index (χ0) is 30.1. The molecule has 4 aromatic rings. The van der Waals surface area contributed by atoms with Crippen LogP contribution in [-0.4, -0.2) is 12.4 Å². The van der Waals surface area contributed by atoms with E-state index in [4.69, 9.17) is 39.5 Å². The number of ether oxygens (including phenoxy) is 1. The Balaban J connectivity index is 1.76. The van der Waals surface area contributed by atoms with Gasteiger partial charge in [-0.3, -0.25) is 15.4 Å². The van der Waals surface area contributed by atoms with Crippen molar-refractivity contribution in [2.75, 3.05) is 6.61 Å². The fraction of sp³-hybridized carbons (Fsp3) is 0.219. The van der Waals surface area contributed by atoms with Crippen LogP contribution in [0.1, 0.15) is 57.2 Å². The summed E-state index contributed by atoms with van der Waals surface area (Å²) >= 11 is 18.3. The molecule has 0 bridgehead atoms. The Kier molecular flexibility index (Phi) is 8.88. The van der Waals surface area contributed by atoms with Gasteiger partial charge in [-0.25, -0.2) is 0 Å². The molecule has 4 nitrogen and oxygen atoms in total. The van der Waals surface area contributed by atoms with Crippen LogP contribution < -0.4 is 15.4 Å². The Hall–Kier alpha value is -3.07. The van der Waals surface area contributed by atoms with Crippen LogP contribution in [-0.2, 0) is 17.7 Å². The summed E-state index contributed by atoms with van der Waals surface area (Å²) in [5.41, 5.74) is -0.124. The van der Waals surface area contributed by atoms with Gasteiger partial charge in [0.15, 0.2) is 5.66 Å². The maximum atomic E-state index is 14.6. The van der Waals surface area contributed by atoms with E-state index in [-0.39, 0.29) is 29.4 Å². The summed E-state index contributed by atoms with van der Waals surface area (Å²) < 4.78 is 48.0. The number of benzene rings is 4. The van der Waals surface area contributed by atoms with Crippen LogP contribution in [0.25, 0.3) is 0 Å². The molecule has 0 spiro atoms. The molecule has 1 aliphatic heterocycles. The maximum Gasteiger partial charge on any atom is 0.416 e. The normalized spacial score (nSPS) is 20.5. The lowest BCUT2D eigenvalue weighted by atomic mass is 9.88. The van der Waals surface area contributed by atoms with E-state index in [1.165, 1.54) is 6.07 Å². The molecule has 218 valence electrons. The van der Waals surface area contributed by atoms with Gasteiger partial charge in [0.25, 0.3) is 0 Å². The Morgan fingerprint density at radius 3 is 1.81 bits per heavy atom. The number of carbonyl (C=O) groups is 1. The van der Waals surface area contributed by atoms with Crippen LogP contribution in [0.3, 0.4) is 0 Å². The smallest absolute Gasteiger partial charge is 0.416 e. The molecule has 1 saturated heterocycles. The van der Waals surface area contributed by atoms with Crippen molar-refractivity contribution in [3.63, 3.8) is 0 Å². The Bertz CT molecular complexity index is 1510. The number of carbonyl (C=O) groups excluding carboxylic acids is 1. The van der Waals surface area contributed by atoms with E-state index in [0.717, 1.165) is 28.8 Å². The topological polar surface area (TPSA) is 50.4 Å². The van der Waals surface area contributed by atoms with E-state index in [1.807, 2.05) is 24.3 Å². The third-order valence-electron chi connectivity index (χ3n) is 7.26. The quantitative estimate of drug-likeness (QED) is 0.150. The molecule has 5 rings (SSSR count). The molecule has 10 heteroatoms. The van der Waals surface area contributed by atoms with Gasteiger partial charge in [-0.15, -0.1) is 11.6 Å². The average molecular weight is 634 g/mol. The number of ketones is 1. The van der Waals surface area contributed by atoms with Crippen LogP contribution in [0.5, 0.6) is 5.75 Å². The molecule has 2 atom stereocenters. The Labute approximate surface area is 256 Å². The SMILES string of the molecule is CCOc1ccc(C(F)(F)F)cc1C1(C(=O)c2ccc(CCl)cc2)NC(c2ccc(Cl)cc2)C(c2ccc(Cl)cc2)N1. The summed E-state index contributed by atoms with van der Waals surface area (Å²) in [5.74, 6) is -0.0997. The van der Waals surface area contributed by atoms with Gasteiger partial charge in [-0.2, -0.15) is 13.2 Å². The summed E-state index contributed by atoms with van der Waals surface area (Å²) in [6.07, 6.45) is -4.66. The number of rotatable bonds is 8. The fourth-order valence-corrected chi connectivity index (χ4v) is 5.65. The molecule has 42 heavy (non-hydrogen) atoms. The van der Waals surface area contributed by atoms with Crippen LogP contribution in [0.4, 0.5) is 13.2 Å². The maximum absolute atomic E-state index is 14.6. The van der Waals surface area contributed by atoms with E-state index < -0.39 is 35.3 Å². The second-order valence-electron chi connectivity index (χ2n) is 9.90. The molecule has 2 N–H and O–H groups in total. The predicted molar refractivity (Wildman–Crippen MR) is 159 cm³/mol. The molecule has 0 aromatic heterocycles. The van der Waals surface area contributed by atoms with E-state index in [9.17, 15) is 18.0 Å². The number of hydrogen-bond acceptors (Lipinski definition) is 4. The average Bonchev–Trinajstić information content (AvgIpc) is 3.39. The summed E-state index contributed by atoms with van der Waals surface area (Å²) in [6, 6.07) is 22.8. The first kappa shape index (κ1) is 30.4. The van der Waals surface area contributed by atoms with Crippen molar-refractivity contribution in [2.24, 2.45) is 0 Å². The highest BCUT2D eigenvalue weighted by Crippen LogP contribution is 2.46. The number of halogens is 6. The highest BCUT2D eigenvalue weighted by molar-refractivity contribution is 6.30. The summed E-state index contributed by atoms with van der Waals surface area (Å²) in [6.45, 7) is 1.90. The minimum absolute atomic E-state index is 0.0148. The highest BCUT2D eigenvalue weighted by Gasteiger charge is 2.53. The largest absolute Gasteiger partial charge is 0.493 e. The molecule has 4 aromatic carbocycles. The number of hydrogen-bond donors (Lipinski definition) is 2. The minimum Gasteiger partial charge on any atom is -0.493 e. The van der Waals surface area contributed by atoms with Crippen LogP contribution in [0, 0.1) is 0 Å². The molecular formula is C32H26Cl3F3N2O2. The third kappa shape index (κ3) is 6.03. The second-order valence-corrected chi connectivity index (χ2v) is 11.0. The van der Waals surface area contributed by atoms with E-state index in [0.29, 0.717) is 10.0 Å². The fourth-order valence-electron chi connectivity index (χ4n) is 5.22. The van der Waals surface area contributed by atoms with Crippen LogP contribution in [0.15, 0.2) is 91.0 Å². The van der Waals surface area contributed by atoms with Crippen molar-refractivity contribution in [3.8, 4) is 5.75 Å². The number of nitrogens with one attached hydrogen (secondary N) is 2. The Morgan fingerprint density at radius 2 is 1.36 bits per heavy atom. The summed E-state index contributed by atoms with van der Waals surface area (Å²) in [5, 5.41) is 7.87. The number of alkyl halides is 4. The molecule has 0 saturated carbocycles. The van der Waals surface area contributed by atoms with Crippen molar-refractivity contribution >= 4 is 40.6 Å². The summed E-state index contributed by atoms with van der Waals surface area (Å²) in [4.78, 5) is 14.6. The van der Waals surface area contributed by atoms with Gasteiger partial charge in [0.1, 0.15) is 5.75 Å². The van der Waals surface area contributed by atoms with Gasteiger partial charge in [0, 0.05) is 27.1 Å². The summed E-state index contributed by atoms with van der Waals surface area (Å²) in [7, 11) is 0. The lowest BCUT2D eigenvalue weighted by molar-refractivity contribution is -0.137. The predicted octanol–water partition coefficient (Wildman–Crippen LogP) is 8.86. The zero-order valence-electron chi connectivity index (χ0n) is 22.3. The van der Waals surface area contributed by atoms with Crippen molar-refractivity contribution in [1.82, 2.24) is 10.6 Å². The van der Waals surface area contributed by atoms with Crippen molar-refractivity contribution in [3.05, 3.63) is 134 Å². The van der Waals surface area contributed by atoms with Crippen LogP contribution >= 0.6 is 34.8 Å². The van der Waals surface area contributed by atoms with E-state index in [1.54, 1.807) is 55.5 Å². The lowest BCUT2D eigenvalue weighted by Gasteiger charge is -2.32. The van der Waals surface area contributed by atoms with Gasteiger partial charge >= 0.3 is 6.18 Å². The zero-order valence-corrected chi connectivity index (χ0v) is 24.6. The highest BCUT2D eigenvalue weighted by atomic mass is 35.5. The first-order valence-electron chi connectivity index (χ1n) is 13.2. The first-order valence-corrected chi connectivity index (χ1v) is 14.5. The van der Waals surface area contributed by atoms with Crippen LogP contribution in [0.2, 0.25) is 10.0 Å². The van der Waals surface area contributed by atoms with Crippen molar-refractivity contribution < 1.29 is 22.7 Å². The minimum atomic E-state index is -4.66. The van der Waals surface area contributed by atoms with Gasteiger partial charge in [-0.1, -0.05) is 71.7 Å². The third-order valence-corrected chi connectivity index (χ3v) is 8.07. The van der Waals surface area contributed by atoms with Crippen molar-refractivity contribution in [2.45, 2.75) is 36.7 Å². The molecule has 1 fully saturated rings. The van der Waals surface area contributed by atoms with Gasteiger partial charge in [0.2, 0.25) is 5.78 Å². The molecule has 0 amide bonds. The standard InChI is InChI=1S/C32H26Cl3F3N2O2/c1-2-42-27-16-11-23(32(36,37)38)17-26(27)31(30(41)22-5-3-19(18-33)4-6-22)39-28(20-7-12-24(34)13-8-20)29(40-31)21-9-14-25(35)15-10-21/h3-17,28-29,39-40H,2,18H2,1H3. The van der Waals surface area contributed by atoms with Gasteiger partial charge in [0.05, 0.1) is 24.3 Å². The van der Waals surface area contributed by atoms with E-state index >= 15 is 0 Å². The molecule has 0 aliphatic carbocycles. The van der Waals surface area contributed by atoms with Gasteiger partial charge < -0.3 is 4.74 Å².